The van der Waals surface area contributed by atoms with Crippen molar-refractivity contribution in [3.63, 3.8) is 0 Å². The fourth-order valence-electron chi connectivity index (χ4n) is 4.52. The van der Waals surface area contributed by atoms with Crippen LogP contribution in [-0.4, -0.2) is 34.0 Å². The lowest BCUT2D eigenvalue weighted by atomic mass is 9.84. The van der Waals surface area contributed by atoms with Crippen LogP contribution in [-0.2, 0) is 11.3 Å². The minimum atomic E-state index is -0.269. The number of nitrogens with zero attached hydrogens (tertiary/aromatic N) is 2. The largest absolute Gasteiger partial charge is 0.445 e. The average molecular weight is 368 g/mol. The first kappa shape index (κ1) is 17.8. The summed E-state index contributed by atoms with van der Waals surface area (Å²) in [5, 5.41) is 3.90. The van der Waals surface area contributed by atoms with Gasteiger partial charge in [0.05, 0.1) is 11.3 Å². The molecule has 2 saturated heterocycles. The van der Waals surface area contributed by atoms with Crippen LogP contribution >= 0.6 is 0 Å². The van der Waals surface area contributed by atoms with Crippen LogP contribution in [0, 0.1) is 19.8 Å². The molecule has 6 nitrogen and oxygen atoms in total. The van der Waals surface area contributed by atoms with Crippen LogP contribution in [0.15, 0.2) is 34.9 Å². The van der Waals surface area contributed by atoms with E-state index in [9.17, 15) is 9.59 Å². The van der Waals surface area contributed by atoms with Crippen LogP contribution in [0.3, 0.4) is 0 Å². The summed E-state index contributed by atoms with van der Waals surface area (Å²) in [4.78, 5) is 27.5. The molecule has 2 aliphatic heterocycles. The molecule has 2 unspecified atom stereocenters. The maximum Gasteiger partial charge on any atom is 0.410 e. The SMILES string of the molecule is Cc1noc(C)c1C(=O)C1CC2CCC(C1)N2C(=O)OCc1ccccc1. The highest BCUT2D eigenvalue weighted by atomic mass is 16.6. The lowest BCUT2D eigenvalue weighted by Gasteiger charge is -2.37. The topological polar surface area (TPSA) is 72.6 Å². The van der Waals surface area contributed by atoms with Crippen LogP contribution < -0.4 is 0 Å². The number of ether oxygens (including phenoxy) is 1. The van der Waals surface area contributed by atoms with E-state index in [-0.39, 0.29) is 36.5 Å². The van der Waals surface area contributed by atoms with Crippen LogP contribution in [0.5, 0.6) is 0 Å². The Balaban J connectivity index is 1.41. The Kier molecular flexibility index (Phi) is 4.72. The fourth-order valence-corrected chi connectivity index (χ4v) is 4.52. The van der Waals surface area contributed by atoms with Gasteiger partial charge in [0.1, 0.15) is 12.4 Å². The Hall–Kier alpha value is -2.63. The summed E-state index contributed by atoms with van der Waals surface area (Å²) in [7, 11) is 0. The van der Waals surface area contributed by atoms with E-state index in [1.54, 1.807) is 13.8 Å². The first-order valence-corrected chi connectivity index (χ1v) is 9.50. The number of fused-ring (bicyclic) bond motifs is 2. The van der Waals surface area contributed by atoms with Crippen molar-refractivity contribution in [2.24, 2.45) is 5.92 Å². The number of aromatic nitrogens is 1. The summed E-state index contributed by atoms with van der Waals surface area (Å²) in [5.41, 5.74) is 2.23. The van der Waals surface area contributed by atoms with Gasteiger partial charge in [-0.05, 0) is 45.1 Å². The summed E-state index contributed by atoms with van der Waals surface area (Å²) in [5.74, 6) is 0.590. The third kappa shape index (κ3) is 3.36. The molecule has 2 aromatic rings. The predicted molar refractivity (Wildman–Crippen MR) is 98.3 cm³/mol. The Bertz CT molecular complexity index is 812. The molecule has 1 aromatic heterocycles. The highest BCUT2D eigenvalue weighted by Gasteiger charge is 2.46. The van der Waals surface area contributed by atoms with E-state index in [2.05, 4.69) is 5.16 Å². The van der Waals surface area contributed by atoms with Gasteiger partial charge in [0.25, 0.3) is 0 Å². The van der Waals surface area contributed by atoms with Gasteiger partial charge >= 0.3 is 6.09 Å². The van der Waals surface area contributed by atoms with Crippen molar-refractivity contribution in [2.75, 3.05) is 0 Å². The van der Waals surface area contributed by atoms with Crippen molar-refractivity contribution in [1.82, 2.24) is 10.1 Å². The van der Waals surface area contributed by atoms with E-state index in [1.165, 1.54) is 0 Å². The molecular formula is C21H24N2O4. The Morgan fingerprint density at radius 1 is 1.15 bits per heavy atom. The molecule has 6 heteroatoms. The van der Waals surface area contributed by atoms with E-state index in [0.717, 1.165) is 18.4 Å². The van der Waals surface area contributed by atoms with Gasteiger partial charge < -0.3 is 14.2 Å². The number of hydrogen-bond acceptors (Lipinski definition) is 5. The summed E-state index contributed by atoms with van der Waals surface area (Å²) in [6.45, 7) is 3.85. The second kappa shape index (κ2) is 7.18. The molecule has 0 radical (unpaired) electrons. The number of amides is 1. The van der Waals surface area contributed by atoms with Crippen molar-refractivity contribution in [3.8, 4) is 0 Å². The highest BCUT2D eigenvalue weighted by Crippen LogP contribution is 2.40. The van der Waals surface area contributed by atoms with E-state index in [4.69, 9.17) is 9.26 Å². The fraction of sp³-hybridized carbons (Fsp3) is 0.476. The smallest absolute Gasteiger partial charge is 0.410 e. The number of ketones is 1. The normalized spacial score (nSPS) is 24.1. The van der Waals surface area contributed by atoms with Gasteiger partial charge in [-0.1, -0.05) is 35.5 Å². The highest BCUT2D eigenvalue weighted by molar-refractivity contribution is 5.99. The number of piperidine rings is 1. The minimum Gasteiger partial charge on any atom is -0.445 e. The maximum atomic E-state index is 13.0. The van der Waals surface area contributed by atoms with Gasteiger partial charge in [0.2, 0.25) is 0 Å². The molecular weight excluding hydrogens is 344 g/mol. The summed E-state index contributed by atoms with van der Waals surface area (Å²) < 4.78 is 10.7. The second-order valence-electron chi connectivity index (χ2n) is 7.56. The quantitative estimate of drug-likeness (QED) is 0.761. The molecule has 3 heterocycles. The van der Waals surface area contributed by atoms with Crippen LogP contribution in [0.2, 0.25) is 0 Å². The zero-order chi connectivity index (χ0) is 19.0. The molecule has 2 aliphatic rings. The standard InChI is InChI=1S/C21H24N2O4/c1-13-19(14(2)27-22-13)20(24)16-10-17-8-9-18(11-16)23(17)21(25)26-12-15-6-4-3-5-7-15/h3-7,16-18H,8-12H2,1-2H3. The Labute approximate surface area is 158 Å². The molecule has 0 N–H and O–H groups in total. The zero-order valence-electron chi connectivity index (χ0n) is 15.7. The molecule has 2 atom stereocenters. The molecule has 4 rings (SSSR count). The zero-order valence-corrected chi connectivity index (χ0v) is 15.7. The number of carbonyl (C=O) groups excluding carboxylic acids is 2. The van der Waals surface area contributed by atoms with Crippen LogP contribution in [0.25, 0.3) is 0 Å². The number of benzene rings is 1. The van der Waals surface area contributed by atoms with E-state index in [0.29, 0.717) is 29.9 Å². The van der Waals surface area contributed by atoms with Gasteiger partial charge in [-0.3, -0.25) is 4.79 Å². The third-order valence-electron chi connectivity index (χ3n) is 5.80. The minimum absolute atomic E-state index is 0.0708. The molecule has 1 amide bonds. The lowest BCUT2D eigenvalue weighted by molar-refractivity contribution is 0.0484. The number of rotatable bonds is 4. The molecule has 1 aromatic carbocycles. The number of hydrogen-bond donors (Lipinski definition) is 0. The van der Waals surface area contributed by atoms with Crippen molar-refractivity contribution in [3.05, 3.63) is 52.9 Å². The van der Waals surface area contributed by atoms with Crippen molar-refractivity contribution in [2.45, 2.75) is 58.2 Å². The summed E-state index contributed by atoms with van der Waals surface area (Å²) in [6.07, 6.45) is 2.95. The van der Waals surface area contributed by atoms with Crippen molar-refractivity contribution >= 4 is 11.9 Å². The number of carbonyl (C=O) groups is 2. The van der Waals surface area contributed by atoms with E-state index in [1.807, 2.05) is 35.2 Å². The van der Waals surface area contributed by atoms with Crippen molar-refractivity contribution in [1.29, 1.82) is 0 Å². The molecule has 27 heavy (non-hydrogen) atoms. The third-order valence-corrected chi connectivity index (χ3v) is 5.80. The predicted octanol–water partition coefficient (Wildman–Crippen LogP) is 4.05. The van der Waals surface area contributed by atoms with E-state index >= 15 is 0 Å². The lowest BCUT2D eigenvalue weighted by Crippen LogP contribution is -2.48. The Morgan fingerprint density at radius 2 is 1.81 bits per heavy atom. The number of aryl methyl sites for hydroxylation is 2. The second-order valence-corrected chi connectivity index (χ2v) is 7.56. The van der Waals surface area contributed by atoms with Crippen LogP contribution in [0.4, 0.5) is 4.79 Å². The van der Waals surface area contributed by atoms with Gasteiger partial charge in [-0.25, -0.2) is 4.79 Å². The molecule has 0 saturated carbocycles. The maximum absolute atomic E-state index is 13.0. The van der Waals surface area contributed by atoms with Gasteiger partial charge in [0, 0.05) is 18.0 Å². The van der Waals surface area contributed by atoms with Gasteiger partial charge in [0.15, 0.2) is 5.78 Å². The molecule has 142 valence electrons. The van der Waals surface area contributed by atoms with Crippen molar-refractivity contribution < 1.29 is 18.8 Å². The average Bonchev–Trinajstić information content (AvgIpc) is 3.15. The summed E-state index contributed by atoms with van der Waals surface area (Å²) in [6, 6.07) is 9.82. The van der Waals surface area contributed by atoms with E-state index < -0.39 is 0 Å². The van der Waals surface area contributed by atoms with Crippen LogP contribution in [0.1, 0.15) is 53.1 Å². The molecule has 2 bridgehead atoms. The molecule has 0 aliphatic carbocycles. The first-order chi connectivity index (χ1) is 13.0. The first-order valence-electron chi connectivity index (χ1n) is 9.50. The number of Topliss-reactive ketones (excluding diaryl/α,β-unsaturated/α-hetero) is 1. The van der Waals surface area contributed by atoms with Gasteiger partial charge in [-0.2, -0.15) is 0 Å². The van der Waals surface area contributed by atoms with Gasteiger partial charge in [-0.15, -0.1) is 0 Å². The molecule has 0 spiro atoms. The molecule has 2 fully saturated rings. The Morgan fingerprint density at radius 3 is 2.41 bits per heavy atom. The monoisotopic (exact) mass is 368 g/mol. The summed E-state index contributed by atoms with van der Waals surface area (Å²) >= 11 is 0.